The van der Waals surface area contributed by atoms with E-state index in [-0.39, 0.29) is 0 Å². The van der Waals surface area contributed by atoms with Crippen molar-refractivity contribution in [2.45, 2.75) is 64.8 Å². The molecule has 0 aliphatic rings. The van der Waals surface area contributed by atoms with E-state index in [9.17, 15) is 0 Å². The van der Waals surface area contributed by atoms with Crippen LogP contribution in [0.3, 0.4) is 0 Å². The molecule has 1 aromatic carbocycles. The van der Waals surface area contributed by atoms with Gasteiger partial charge >= 0.3 is 0 Å². The summed E-state index contributed by atoms with van der Waals surface area (Å²) in [4.78, 5) is 0. The summed E-state index contributed by atoms with van der Waals surface area (Å²) in [6, 6.07) is 6.34. The number of nitrogens with one attached hydrogen (secondary N) is 1. The Morgan fingerprint density at radius 3 is 2.50 bits per heavy atom. The van der Waals surface area contributed by atoms with Gasteiger partial charge in [0.15, 0.2) is 0 Å². The molecule has 0 aliphatic heterocycles. The quantitative estimate of drug-likeness (QED) is 0.532. The highest BCUT2D eigenvalue weighted by Crippen LogP contribution is 2.23. The Morgan fingerprint density at radius 1 is 1.05 bits per heavy atom. The molecule has 1 atom stereocenters. The molecule has 1 aromatic rings. The van der Waals surface area contributed by atoms with Gasteiger partial charge in [0.2, 0.25) is 0 Å². The molecule has 0 aliphatic carbocycles. The summed E-state index contributed by atoms with van der Waals surface area (Å²) in [5.41, 5.74) is 1.19. The van der Waals surface area contributed by atoms with E-state index in [4.69, 9.17) is 23.2 Å². The van der Waals surface area contributed by atoms with Crippen LogP contribution in [0.2, 0.25) is 10.0 Å². The zero-order chi connectivity index (χ0) is 14.8. The average Bonchev–Trinajstić information content (AvgIpc) is 2.43. The lowest BCUT2D eigenvalue weighted by molar-refractivity contribution is 0.453. The zero-order valence-corrected chi connectivity index (χ0v) is 14.2. The lowest BCUT2D eigenvalue weighted by atomic mass is 10.00. The molecule has 1 unspecified atom stereocenters. The normalized spacial score (nSPS) is 12.6. The van der Waals surface area contributed by atoms with Gasteiger partial charge in [0.05, 0.1) is 0 Å². The summed E-state index contributed by atoms with van der Waals surface area (Å²) in [7, 11) is 0. The summed E-state index contributed by atoms with van der Waals surface area (Å²) in [6.45, 7) is 5.53. The van der Waals surface area contributed by atoms with Crippen LogP contribution in [0.25, 0.3) is 0 Å². The van der Waals surface area contributed by atoms with E-state index in [1.807, 2.05) is 12.1 Å². The fourth-order valence-corrected chi connectivity index (χ4v) is 2.88. The van der Waals surface area contributed by atoms with Crippen LogP contribution in [-0.4, -0.2) is 12.6 Å². The summed E-state index contributed by atoms with van der Waals surface area (Å²) in [6.07, 6.45) is 8.62. The van der Waals surface area contributed by atoms with Gasteiger partial charge in [-0.15, -0.1) is 0 Å². The Labute approximate surface area is 134 Å². The van der Waals surface area contributed by atoms with Crippen LogP contribution in [0.4, 0.5) is 0 Å². The monoisotopic (exact) mass is 315 g/mol. The molecule has 0 spiro atoms. The molecule has 0 radical (unpaired) electrons. The van der Waals surface area contributed by atoms with E-state index in [0.29, 0.717) is 11.1 Å². The summed E-state index contributed by atoms with van der Waals surface area (Å²) < 4.78 is 0. The number of benzene rings is 1. The third kappa shape index (κ3) is 6.97. The maximum Gasteiger partial charge on any atom is 0.0453 e. The Kier molecular flexibility index (Phi) is 9.33. The van der Waals surface area contributed by atoms with Gasteiger partial charge in [0.25, 0.3) is 0 Å². The van der Waals surface area contributed by atoms with Crippen molar-refractivity contribution >= 4 is 23.2 Å². The molecule has 0 saturated heterocycles. The SMILES string of the molecule is CCCCCCC(Cc1ccc(Cl)cc1Cl)NCCC. The van der Waals surface area contributed by atoms with Crippen molar-refractivity contribution in [2.24, 2.45) is 0 Å². The molecule has 0 heterocycles. The molecule has 1 N–H and O–H groups in total. The van der Waals surface area contributed by atoms with Crippen molar-refractivity contribution in [1.29, 1.82) is 0 Å². The van der Waals surface area contributed by atoms with Crippen molar-refractivity contribution in [1.82, 2.24) is 5.32 Å². The minimum atomic E-state index is 0.519. The van der Waals surface area contributed by atoms with Gasteiger partial charge in [0.1, 0.15) is 0 Å². The highest BCUT2D eigenvalue weighted by Gasteiger charge is 2.11. The van der Waals surface area contributed by atoms with Gasteiger partial charge in [-0.2, -0.15) is 0 Å². The van der Waals surface area contributed by atoms with Crippen LogP contribution >= 0.6 is 23.2 Å². The zero-order valence-electron chi connectivity index (χ0n) is 12.7. The van der Waals surface area contributed by atoms with Crippen LogP contribution < -0.4 is 5.32 Å². The molecule has 0 saturated carbocycles. The molecule has 0 bridgehead atoms. The van der Waals surface area contributed by atoms with Gasteiger partial charge in [-0.3, -0.25) is 0 Å². The molecule has 0 aromatic heterocycles. The summed E-state index contributed by atoms with van der Waals surface area (Å²) in [5, 5.41) is 5.14. The molecule has 0 fully saturated rings. The average molecular weight is 316 g/mol. The number of halogens is 2. The molecular weight excluding hydrogens is 289 g/mol. The third-order valence-electron chi connectivity index (χ3n) is 3.57. The Morgan fingerprint density at radius 2 is 1.85 bits per heavy atom. The topological polar surface area (TPSA) is 12.0 Å². The maximum absolute atomic E-state index is 6.28. The first-order valence-electron chi connectivity index (χ1n) is 7.84. The first-order chi connectivity index (χ1) is 9.67. The molecule has 114 valence electrons. The van der Waals surface area contributed by atoms with E-state index in [1.54, 1.807) is 0 Å². The first-order valence-corrected chi connectivity index (χ1v) is 8.60. The van der Waals surface area contributed by atoms with E-state index in [1.165, 1.54) is 44.1 Å². The maximum atomic E-state index is 6.28. The van der Waals surface area contributed by atoms with Crippen LogP contribution in [0.5, 0.6) is 0 Å². The Bertz CT molecular complexity index is 379. The van der Waals surface area contributed by atoms with E-state index in [0.717, 1.165) is 18.0 Å². The van der Waals surface area contributed by atoms with Gasteiger partial charge in [-0.05, 0) is 43.5 Å². The Balaban J connectivity index is 2.53. The standard InChI is InChI=1S/C17H27Cl2N/c1-3-5-6-7-8-16(20-11-4-2)12-14-9-10-15(18)13-17(14)19/h9-10,13,16,20H,3-8,11-12H2,1-2H3. The largest absolute Gasteiger partial charge is 0.314 e. The van der Waals surface area contributed by atoms with E-state index >= 15 is 0 Å². The molecule has 0 amide bonds. The van der Waals surface area contributed by atoms with Gasteiger partial charge < -0.3 is 5.32 Å². The number of unbranched alkanes of at least 4 members (excludes halogenated alkanes) is 3. The molecule has 3 heteroatoms. The molecule has 1 nitrogen and oxygen atoms in total. The van der Waals surface area contributed by atoms with Gasteiger partial charge in [-0.25, -0.2) is 0 Å². The molecule has 1 rings (SSSR count). The van der Waals surface area contributed by atoms with Crippen LogP contribution in [0, 0.1) is 0 Å². The lowest BCUT2D eigenvalue weighted by Crippen LogP contribution is -2.31. The minimum absolute atomic E-state index is 0.519. The summed E-state index contributed by atoms with van der Waals surface area (Å²) in [5.74, 6) is 0. The second kappa shape index (κ2) is 10.5. The second-order valence-electron chi connectivity index (χ2n) is 5.44. The predicted octanol–water partition coefficient (Wildman–Crippen LogP) is 5.87. The predicted molar refractivity (Wildman–Crippen MR) is 91.0 cm³/mol. The van der Waals surface area contributed by atoms with Crippen molar-refractivity contribution in [2.75, 3.05) is 6.54 Å². The van der Waals surface area contributed by atoms with Crippen LogP contribution in [-0.2, 0) is 6.42 Å². The smallest absolute Gasteiger partial charge is 0.0453 e. The number of rotatable bonds is 10. The van der Waals surface area contributed by atoms with Crippen molar-refractivity contribution in [3.05, 3.63) is 33.8 Å². The number of hydrogen-bond donors (Lipinski definition) is 1. The molecule has 20 heavy (non-hydrogen) atoms. The van der Waals surface area contributed by atoms with Crippen LogP contribution in [0.1, 0.15) is 57.9 Å². The van der Waals surface area contributed by atoms with Gasteiger partial charge in [-0.1, -0.05) is 68.8 Å². The molecular formula is C17H27Cl2N. The van der Waals surface area contributed by atoms with Gasteiger partial charge in [0, 0.05) is 16.1 Å². The second-order valence-corrected chi connectivity index (χ2v) is 6.28. The van der Waals surface area contributed by atoms with Crippen LogP contribution in [0.15, 0.2) is 18.2 Å². The van der Waals surface area contributed by atoms with Crippen molar-refractivity contribution in [3.8, 4) is 0 Å². The van der Waals surface area contributed by atoms with E-state index in [2.05, 4.69) is 25.2 Å². The van der Waals surface area contributed by atoms with E-state index < -0.39 is 0 Å². The Hall–Kier alpha value is -0.240. The minimum Gasteiger partial charge on any atom is -0.314 e. The third-order valence-corrected chi connectivity index (χ3v) is 4.16. The first kappa shape index (κ1) is 17.8. The summed E-state index contributed by atoms with van der Waals surface area (Å²) >= 11 is 12.2. The highest BCUT2D eigenvalue weighted by atomic mass is 35.5. The van der Waals surface area contributed by atoms with Crippen molar-refractivity contribution < 1.29 is 0 Å². The fourth-order valence-electron chi connectivity index (χ4n) is 2.39. The number of hydrogen-bond acceptors (Lipinski definition) is 1. The van der Waals surface area contributed by atoms with Crippen molar-refractivity contribution in [3.63, 3.8) is 0 Å². The lowest BCUT2D eigenvalue weighted by Gasteiger charge is -2.19. The highest BCUT2D eigenvalue weighted by molar-refractivity contribution is 6.35. The fraction of sp³-hybridized carbons (Fsp3) is 0.647.